The van der Waals surface area contributed by atoms with E-state index >= 15 is 0 Å². The summed E-state index contributed by atoms with van der Waals surface area (Å²) in [6, 6.07) is 9.25. The number of nitrogens with zero attached hydrogens (tertiary/aromatic N) is 3. The maximum Gasteiger partial charge on any atom is 0.240 e. The molecule has 0 radical (unpaired) electrons. The van der Waals surface area contributed by atoms with E-state index in [9.17, 15) is 9.90 Å². The van der Waals surface area contributed by atoms with Crippen molar-refractivity contribution in [2.75, 3.05) is 32.8 Å². The van der Waals surface area contributed by atoms with Gasteiger partial charge in [-0.05, 0) is 37.8 Å². The molecule has 2 N–H and O–H groups in total. The minimum absolute atomic E-state index is 0.0322. The molecule has 4 heterocycles. The first kappa shape index (κ1) is 20.9. The highest BCUT2D eigenvalue weighted by atomic mass is 16.5. The van der Waals surface area contributed by atoms with Gasteiger partial charge in [0.2, 0.25) is 5.91 Å². The summed E-state index contributed by atoms with van der Waals surface area (Å²) in [6.45, 7) is 7.67. The highest BCUT2D eigenvalue weighted by molar-refractivity contribution is 5.86. The molecule has 0 saturated carbocycles. The lowest BCUT2D eigenvalue weighted by Crippen LogP contribution is -2.54. The second-order valence-corrected chi connectivity index (χ2v) is 9.51. The average Bonchev–Trinajstić information content (AvgIpc) is 3.47. The standard InChI is InChI=1S/C24H34N4O3/c1-17-11-27-15-20(29)9-19(27)14-26(17)12-18-13-28(23-7-3-2-6-22(18)23)16-24(30)25-10-21-5-4-8-31-21/h2-3,6-7,13,17,19-21,29H,4-5,8-12,14-16H2,1H3,(H,25,30)/t17-,19?,20-,21?/m1/s1. The Morgan fingerprint density at radius 1 is 1.26 bits per heavy atom. The number of nitrogens with one attached hydrogen (secondary N) is 1. The summed E-state index contributed by atoms with van der Waals surface area (Å²) in [7, 11) is 0. The molecular weight excluding hydrogens is 392 g/mol. The summed E-state index contributed by atoms with van der Waals surface area (Å²) in [4.78, 5) is 17.6. The molecule has 0 bridgehead atoms. The molecule has 31 heavy (non-hydrogen) atoms. The van der Waals surface area contributed by atoms with Gasteiger partial charge in [0.25, 0.3) is 0 Å². The van der Waals surface area contributed by atoms with E-state index in [2.05, 4.69) is 51.0 Å². The largest absolute Gasteiger partial charge is 0.392 e. The zero-order valence-electron chi connectivity index (χ0n) is 18.4. The summed E-state index contributed by atoms with van der Waals surface area (Å²) in [5.41, 5.74) is 2.37. The third kappa shape index (κ3) is 4.51. The van der Waals surface area contributed by atoms with Gasteiger partial charge < -0.3 is 19.7 Å². The normalized spacial score (nSPS) is 29.5. The van der Waals surface area contributed by atoms with Gasteiger partial charge >= 0.3 is 0 Å². The lowest BCUT2D eigenvalue weighted by molar-refractivity contribution is -0.122. The zero-order chi connectivity index (χ0) is 21.4. The van der Waals surface area contributed by atoms with E-state index in [1.165, 1.54) is 10.9 Å². The third-order valence-corrected chi connectivity index (χ3v) is 7.18. The zero-order valence-corrected chi connectivity index (χ0v) is 18.4. The SMILES string of the molecule is C[C@@H]1CN2C[C@H](O)CC2CN1Cc1cn(CC(=O)NCC2CCCO2)c2ccccc12. The lowest BCUT2D eigenvalue weighted by atomic mass is 10.1. The smallest absolute Gasteiger partial charge is 0.240 e. The Bertz CT molecular complexity index is 923. The van der Waals surface area contributed by atoms with Gasteiger partial charge in [0, 0.05) is 68.5 Å². The van der Waals surface area contributed by atoms with Crippen molar-refractivity contribution in [3.8, 4) is 0 Å². The molecule has 168 valence electrons. The number of aliphatic hydroxyl groups is 1. The molecule has 0 aliphatic carbocycles. The fourth-order valence-corrected chi connectivity index (χ4v) is 5.54. The van der Waals surface area contributed by atoms with E-state index in [4.69, 9.17) is 4.74 Å². The number of fused-ring (bicyclic) bond motifs is 2. The Hall–Kier alpha value is -1.93. The van der Waals surface area contributed by atoms with Gasteiger partial charge in [-0.2, -0.15) is 0 Å². The summed E-state index contributed by atoms with van der Waals surface area (Å²) < 4.78 is 7.69. The van der Waals surface area contributed by atoms with E-state index in [1.807, 2.05) is 6.07 Å². The summed E-state index contributed by atoms with van der Waals surface area (Å²) in [5.74, 6) is 0.0322. The van der Waals surface area contributed by atoms with Gasteiger partial charge in [0.15, 0.2) is 0 Å². The fraction of sp³-hybridized carbons (Fsp3) is 0.625. The van der Waals surface area contributed by atoms with Crippen molar-refractivity contribution < 1.29 is 14.6 Å². The third-order valence-electron chi connectivity index (χ3n) is 7.18. The number of aromatic nitrogens is 1. The summed E-state index contributed by atoms with van der Waals surface area (Å²) >= 11 is 0. The first-order valence-electron chi connectivity index (χ1n) is 11.7. The summed E-state index contributed by atoms with van der Waals surface area (Å²) in [5, 5.41) is 14.3. The van der Waals surface area contributed by atoms with Crippen LogP contribution in [-0.2, 0) is 22.6 Å². The number of amides is 1. The summed E-state index contributed by atoms with van der Waals surface area (Å²) in [6.07, 6.45) is 5.11. The second-order valence-electron chi connectivity index (χ2n) is 9.51. The molecule has 3 aliphatic heterocycles. The van der Waals surface area contributed by atoms with E-state index in [0.717, 1.165) is 57.6 Å². The molecule has 3 aliphatic rings. The minimum Gasteiger partial charge on any atom is -0.392 e. The molecule has 7 heteroatoms. The highest BCUT2D eigenvalue weighted by Gasteiger charge is 2.38. The second kappa shape index (κ2) is 8.90. The topological polar surface area (TPSA) is 70.0 Å². The number of carbonyl (C=O) groups excluding carboxylic acids is 1. The van der Waals surface area contributed by atoms with Crippen LogP contribution in [0.5, 0.6) is 0 Å². The van der Waals surface area contributed by atoms with Gasteiger partial charge in [-0.25, -0.2) is 0 Å². The van der Waals surface area contributed by atoms with Gasteiger partial charge in [0.1, 0.15) is 6.54 Å². The van der Waals surface area contributed by atoms with Gasteiger partial charge in [-0.3, -0.25) is 14.6 Å². The van der Waals surface area contributed by atoms with Crippen molar-refractivity contribution in [2.24, 2.45) is 0 Å². The van der Waals surface area contributed by atoms with Crippen LogP contribution in [-0.4, -0.2) is 82.5 Å². The number of piperazine rings is 1. The molecule has 7 nitrogen and oxygen atoms in total. The minimum atomic E-state index is -0.188. The Kier molecular flexibility index (Phi) is 6.01. The molecule has 4 atom stereocenters. The van der Waals surface area contributed by atoms with Crippen LogP contribution in [0.2, 0.25) is 0 Å². The number of benzene rings is 1. The van der Waals surface area contributed by atoms with Crippen molar-refractivity contribution in [3.63, 3.8) is 0 Å². The number of para-hydroxylation sites is 1. The van der Waals surface area contributed by atoms with E-state index < -0.39 is 0 Å². The Morgan fingerprint density at radius 2 is 2.13 bits per heavy atom. The molecule has 2 aromatic rings. The molecule has 3 saturated heterocycles. The number of rotatable bonds is 6. The Morgan fingerprint density at radius 3 is 2.97 bits per heavy atom. The van der Waals surface area contributed by atoms with Crippen molar-refractivity contribution >= 4 is 16.8 Å². The van der Waals surface area contributed by atoms with Crippen LogP contribution in [0, 0.1) is 0 Å². The predicted octanol–water partition coefficient (Wildman–Crippen LogP) is 1.58. The fourth-order valence-electron chi connectivity index (χ4n) is 5.54. The molecule has 1 amide bonds. The Balaban J connectivity index is 1.28. The number of ether oxygens (including phenoxy) is 1. The van der Waals surface area contributed by atoms with Crippen LogP contribution in [0.15, 0.2) is 30.5 Å². The molecule has 3 fully saturated rings. The van der Waals surface area contributed by atoms with Crippen molar-refractivity contribution in [2.45, 2.75) is 63.6 Å². The van der Waals surface area contributed by atoms with Crippen LogP contribution in [0.1, 0.15) is 31.7 Å². The van der Waals surface area contributed by atoms with Gasteiger partial charge in [-0.1, -0.05) is 18.2 Å². The average molecular weight is 427 g/mol. The van der Waals surface area contributed by atoms with E-state index in [-0.39, 0.29) is 18.1 Å². The maximum atomic E-state index is 12.6. The van der Waals surface area contributed by atoms with E-state index in [0.29, 0.717) is 25.2 Å². The molecular formula is C24H34N4O3. The first-order chi connectivity index (χ1) is 15.1. The monoisotopic (exact) mass is 426 g/mol. The quantitative estimate of drug-likeness (QED) is 0.734. The number of aliphatic hydroxyl groups excluding tert-OH is 1. The van der Waals surface area contributed by atoms with Gasteiger partial charge in [-0.15, -0.1) is 0 Å². The van der Waals surface area contributed by atoms with Crippen LogP contribution in [0.25, 0.3) is 10.9 Å². The van der Waals surface area contributed by atoms with Crippen LogP contribution in [0.3, 0.4) is 0 Å². The lowest BCUT2D eigenvalue weighted by Gasteiger charge is -2.42. The number of hydrogen-bond donors (Lipinski definition) is 2. The number of hydrogen-bond acceptors (Lipinski definition) is 5. The van der Waals surface area contributed by atoms with Crippen LogP contribution >= 0.6 is 0 Å². The first-order valence-corrected chi connectivity index (χ1v) is 11.7. The number of carbonyl (C=O) groups is 1. The molecule has 0 spiro atoms. The maximum absolute atomic E-state index is 12.6. The molecule has 1 aromatic carbocycles. The van der Waals surface area contributed by atoms with Crippen LogP contribution in [0.4, 0.5) is 0 Å². The van der Waals surface area contributed by atoms with Crippen molar-refractivity contribution in [1.29, 1.82) is 0 Å². The van der Waals surface area contributed by atoms with Crippen LogP contribution < -0.4 is 5.32 Å². The van der Waals surface area contributed by atoms with Crippen molar-refractivity contribution in [3.05, 3.63) is 36.0 Å². The molecule has 5 rings (SSSR count). The van der Waals surface area contributed by atoms with E-state index in [1.54, 1.807) is 0 Å². The van der Waals surface area contributed by atoms with Gasteiger partial charge in [0.05, 0.1) is 12.2 Å². The highest BCUT2D eigenvalue weighted by Crippen LogP contribution is 2.28. The Labute approximate surface area is 183 Å². The van der Waals surface area contributed by atoms with Crippen molar-refractivity contribution in [1.82, 2.24) is 19.7 Å². The molecule has 2 unspecified atom stereocenters. The predicted molar refractivity (Wildman–Crippen MR) is 120 cm³/mol. The molecule has 1 aromatic heterocycles.